The van der Waals surface area contributed by atoms with E-state index in [0.717, 1.165) is 47.0 Å². The van der Waals surface area contributed by atoms with Crippen LogP contribution in [-0.4, -0.2) is 34.1 Å². The van der Waals surface area contributed by atoms with Gasteiger partial charge in [-0.1, -0.05) is 29.8 Å². The number of nitrogens with zero attached hydrogens (tertiary/aromatic N) is 2. The van der Waals surface area contributed by atoms with Gasteiger partial charge in [-0.05, 0) is 36.5 Å². The summed E-state index contributed by atoms with van der Waals surface area (Å²) in [5.41, 5.74) is 2.98. The number of likely N-dealkylation sites (tertiary alicyclic amines) is 1. The Balaban J connectivity index is 1.42. The van der Waals surface area contributed by atoms with Crippen molar-refractivity contribution in [1.82, 2.24) is 15.1 Å². The summed E-state index contributed by atoms with van der Waals surface area (Å²) in [5, 5.41) is 9.53. The molecule has 3 heterocycles. The quantitative estimate of drug-likeness (QED) is 0.718. The lowest BCUT2D eigenvalue weighted by atomic mass is 9.89. The first kappa shape index (κ1) is 16.4. The van der Waals surface area contributed by atoms with Gasteiger partial charge < -0.3 is 4.90 Å². The van der Waals surface area contributed by atoms with Crippen LogP contribution in [0.25, 0.3) is 10.4 Å². The fourth-order valence-corrected chi connectivity index (χ4v) is 4.52. The van der Waals surface area contributed by atoms with Crippen molar-refractivity contribution in [3.8, 4) is 10.4 Å². The first-order valence-electron chi connectivity index (χ1n) is 8.34. The van der Waals surface area contributed by atoms with E-state index in [1.807, 2.05) is 40.7 Å². The van der Waals surface area contributed by atoms with Crippen molar-refractivity contribution in [2.75, 3.05) is 13.1 Å². The number of nitrogens with one attached hydrogen (secondary N) is 1. The van der Waals surface area contributed by atoms with Crippen molar-refractivity contribution in [3.63, 3.8) is 0 Å². The van der Waals surface area contributed by atoms with Crippen LogP contribution in [-0.2, 0) is 0 Å². The molecule has 1 aliphatic heterocycles. The zero-order chi connectivity index (χ0) is 17.2. The Morgan fingerprint density at radius 1 is 1.28 bits per heavy atom. The van der Waals surface area contributed by atoms with E-state index in [9.17, 15) is 4.79 Å². The minimum Gasteiger partial charge on any atom is -0.339 e. The van der Waals surface area contributed by atoms with Crippen LogP contribution in [0.5, 0.6) is 0 Å². The van der Waals surface area contributed by atoms with E-state index in [4.69, 9.17) is 11.6 Å². The first-order valence-corrected chi connectivity index (χ1v) is 9.59. The number of thiophene rings is 1. The number of aromatic amines is 1. The maximum absolute atomic E-state index is 12.8. The molecule has 2 aromatic heterocycles. The van der Waals surface area contributed by atoms with Gasteiger partial charge >= 0.3 is 0 Å². The van der Waals surface area contributed by atoms with E-state index in [2.05, 4.69) is 16.3 Å². The number of carbonyl (C=O) groups excluding carboxylic acids is 1. The summed E-state index contributed by atoms with van der Waals surface area (Å²) in [7, 11) is 0. The van der Waals surface area contributed by atoms with Crippen molar-refractivity contribution in [3.05, 3.63) is 64.3 Å². The highest BCUT2D eigenvalue weighted by Crippen LogP contribution is 2.33. The molecule has 1 amide bonds. The number of amides is 1. The molecular formula is C19H18ClN3OS. The van der Waals surface area contributed by atoms with Crippen LogP contribution in [0.15, 0.2) is 48.1 Å². The van der Waals surface area contributed by atoms with Gasteiger partial charge in [-0.15, -0.1) is 11.3 Å². The monoisotopic (exact) mass is 371 g/mol. The smallest absolute Gasteiger partial charge is 0.254 e. The minimum absolute atomic E-state index is 0.114. The molecule has 0 saturated carbocycles. The molecular weight excluding hydrogens is 354 g/mol. The zero-order valence-corrected chi connectivity index (χ0v) is 15.2. The van der Waals surface area contributed by atoms with Crippen LogP contribution >= 0.6 is 22.9 Å². The van der Waals surface area contributed by atoms with Gasteiger partial charge in [0.15, 0.2) is 0 Å². The molecule has 0 unspecified atom stereocenters. The van der Waals surface area contributed by atoms with E-state index in [-0.39, 0.29) is 5.91 Å². The molecule has 0 spiro atoms. The van der Waals surface area contributed by atoms with Gasteiger partial charge in [-0.25, -0.2) is 0 Å². The van der Waals surface area contributed by atoms with Crippen molar-refractivity contribution in [2.24, 2.45) is 0 Å². The number of hydrogen-bond acceptors (Lipinski definition) is 3. The molecule has 6 heteroatoms. The summed E-state index contributed by atoms with van der Waals surface area (Å²) in [4.78, 5) is 15.8. The summed E-state index contributed by atoms with van der Waals surface area (Å²) in [6, 6.07) is 9.98. The zero-order valence-electron chi connectivity index (χ0n) is 13.6. The number of halogens is 1. The number of rotatable bonds is 3. The summed E-state index contributed by atoms with van der Waals surface area (Å²) in [6.07, 6.45) is 5.52. The standard InChI is InChI=1S/C19H18ClN3OS/c20-17-4-2-1-3-16(17)13-5-7-23(8-6-13)19(24)14-9-18(25-12-14)15-10-21-22-11-15/h1-4,9-13H,5-8H2,(H,21,22). The topological polar surface area (TPSA) is 49.0 Å². The molecule has 1 saturated heterocycles. The summed E-state index contributed by atoms with van der Waals surface area (Å²) in [6.45, 7) is 1.54. The van der Waals surface area contributed by atoms with Gasteiger partial charge in [0.2, 0.25) is 0 Å². The van der Waals surface area contributed by atoms with Crippen LogP contribution < -0.4 is 0 Å². The largest absolute Gasteiger partial charge is 0.339 e. The van der Waals surface area contributed by atoms with Crippen molar-refractivity contribution >= 4 is 28.8 Å². The van der Waals surface area contributed by atoms with Gasteiger partial charge in [-0.3, -0.25) is 9.89 Å². The molecule has 1 N–H and O–H groups in total. The van der Waals surface area contributed by atoms with Crippen LogP contribution in [0.3, 0.4) is 0 Å². The molecule has 0 bridgehead atoms. The third kappa shape index (κ3) is 3.34. The summed E-state index contributed by atoms with van der Waals surface area (Å²) < 4.78 is 0. The lowest BCUT2D eigenvalue weighted by molar-refractivity contribution is 0.0713. The van der Waals surface area contributed by atoms with Crippen LogP contribution in [0.4, 0.5) is 0 Å². The fraction of sp³-hybridized carbons (Fsp3) is 0.263. The first-order chi connectivity index (χ1) is 12.2. The number of aromatic nitrogens is 2. The number of carbonyl (C=O) groups is 1. The highest BCUT2D eigenvalue weighted by Gasteiger charge is 2.26. The van der Waals surface area contributed by atoms with Gasteiger partial charge in [-0.2, -0.15) is 5.10 Å². The summed E-state index contributed by atoms with van der Waals surface area (Å²) >= 11 is 7.89. The van der Waals surface area contributed by atoms with Crippen LogP contribution in [0.1, 0.15) is 34.7 Å². The number of piperidine rings is 1. The van der Waals surface area contributed by atoms with E-state index in [0.29, 0.717) is 5.92 Å². The Bertz CT molecular complexity index is 866. The molecule has 0 aliphatic carbocycles. The van der Waals surface area contributed by atoms with Crippen molar-refractivity contribution in [1.29, 1.82) is 0 Å². The Morgan fingerprint density at radius 2 is 2.08 bits per heavy atom. The molecule has 0 radical (unpaired) electrons. The van der Waals surface area contributed by atoms with Gasteiger partial charge in [0.25, 0.3) is 5.91 Å². The normalized spacial score (nSPS) is 15.5. The molecule has 3 aromatic rings. The highest BCUT2D eigenvalue weighted by molar-refractivity contribution is 7.13. The molecule has 1 aliphatic rings. The maximum atomic E-state index is 12.8. The Hall–Kier alpha value is -2.11. The average Bonchev–Trinajstić information content (AvgIpc) is 3.33. The van der Waals surface area contributed by atoms with E-state index in [1.165, 1.54) is 5.56 Å². The van der Waals surface area contributed by atoms with E-state index >= 15 is 0 Å². The minimum atomic E-state index is 0.114. The Morgan fingerprint density at radius 3 is 2.80 bits per heavy atom. The molecule has 4 nitrogen and oxygen atoms in total. The lowest BCUT2D eigenvalue weighted by Crippen LogP contribution is -2.37. The van der Waals surface area contributed by atoms with Gasteiger partial charge in [0, 0.05) is 40.1 Å². The number of benzene rings is 1. The highest BCUT2D eigenvalue weighted by atomic mass is 35.5. The summed E-state index contributed by atoms with van der Waals surface area (Å²) in [5.74, 6) is 0.547. The third-order valence-electron chi connectivity index (χ3n) is 4.76. The van der Waals surface area contributed by atoms with Crippen molar-refractivity contribution in [2.45, 2.75) is 18.8 Å². The van der Waals surface area contributed by atoms with E-state index in [1.54, 1.807) is 17.5 Å². The molecule has 0 atom stereocenters. The van der Waals surface area contributed by atoms with E-state index < -0.39 is 0 Å². The maximum Gasteiger partial charge on any atom is 0.254 e. The molecule has 1 fully saturated rings. The second kappa shape index (κ2) is 7.02. The number of H-pyrrole nitrogens is 1. The van der Waals surface area contributed by atoms with Gasteiger partial charge in [0.1, 0.15) is 0 Å². The predicted molar refractivity (Wildman–Crippen MR) is 101 cm³/mol. The second-order valence-electron chi connectivity index (χ2n) is 6.27. The predicted octanol–water partition coefficient (Wildman–Crippen LogP) is 4.81. The van der Waals surface area contributed by atoms with Crippen LogP contribution in [0, 0.1) is 0 Å². The third-order valence-corrected chi connectivity index (χ3v) is 6.08. The van der Waals surface area contributed by atoms with Crippen LogP contribution in [0.2, 0.25) is 5.02 Å². The second-order valence-corrected chi connectivity index (χ2v) is 7.59. The van der Waals surface area contributed by atoms with Gasteiger partial charge in [0.05, 0.1) is 11.8 Å². The average molecular weight is 372 g/mol. The fourth-order valence-electron chi connectivity index (χ4n) is 3.37. The molecule has 4 rings (SSSR count). The lowest BCUT2D eigenvalue weighted by Gasteiger charge is -2.32. The molecule has 25 heavy (non-hydrogen) atoms. The Labute approximate surface area is 155 Å². The SMILES string of the molecule is O=C(c1csc(-c2cn[nH]c2)c1)N1CCC(c2ccccc2Cl)CC1. The number of hydrogen-bond donors (Lipinski definition) is 1. The molecule has 1 aromatic carbocycles. The molecule has 128 valence electrons. The Kier molecular flexibility index (Phi) is 4.59. The van der Waals surface area contributed by atoms with Crippen molar-refractivity contribution < 1.29 is 4.79 Å².